The van der Waals surface area contributed by atoms with E-state index in [2.05, 4.69) is 43.4 Å². The molecular formula is C25H30N2O3. The van der Waals surface area contributed by atoms with Gasteiger partial charge >= 0.3 is 6.09 Å². The van der Waals surface area contributed by atoms with Gasteiger partial charge in [0.15, 0.2) is 0 Å². The van der Waals surface area contributed by atoms with Crippen LogP contribution in [0.2, 0.25) is 0 Å². The maximum atomic E-state index is 12.5. The number of benzene rings is 2. The summed E-state index contributed by atoms with van der Waals surface area (Å²) in [7, 11) is 1.65. The maximum Gasteiger partial charge on any atom is 0.413 e. The van der Waals surface area contributed by atoms with Crippen molar-refractivity contribution in [3.05, 3.63) is 71.4 Å². The van der Waals surface area contributed by atoms with Crippen LogP contribution in [0.3, 0.4) is 0 Å². The Labute approximate surface area is 178 Å². The second-order valence-corrected chi connectivity index (χ2v) is 7.50. The van der Waals surface area contributed by atoms with Gasteiger partial charge in [0.1, 0.15) is 5.75 Å². The zero-order chi connectivity index (χ0) is 21.5. The summed E-state index contributed by atoms with van der Waals surface area (Å²) in [4.78, 5) is 12.5. The second kappa shape index (κ2) is 10.0. The Bertz CT molecular complexity index is 973. The molecule has 0 atom stereocenters. The normalized spacial score (nSPS) is 10.7. The second-order valence-electron chi connectivity index (χ2n) is 7.50. The smallest absolute Gasteiger partial charge is 0.413 e. The van der Waals surface area contributed by atoms with Crippen molar-refractivity contribution in [3.8, 4) is 22.8 Å². The van der Waals surface area contributed by atoms with Gasteiger partial charge in [0.2, 0.25) is 5.88 Å². The highest BCUT2D eigenvalue weighted by Gasteiger charge is 2.20. The third-order valence-corrected chi connectivity index (χ3v) is 5.06. The fourth-order valence-electron chi connectivity index (χ4n) is 3.39. The lowest BCUT2D eigenvalue weighted by molar-refractivity contribution is 0.197. The highest BCUT2D eigenvalue weighted by Crippen LogP contribution is 2.36. The summed E-state index contributed by atoms with van der Waals surface area (Å²) < 4.78 is 13.1. The minimum absolute atomic E-state index is 0.425. The number of nitrogens with one attached hydrogen (secondary N) is 1. The number of ether oxygens (including phenoxy) is 2. The molecule has 1 N–H and O–H groups in total. The van der Waals surface area contributed by atoms with Crippen molar-refractivity contribution < 1.29 is 14.3 Å². The molecular weight excluding hydrogens is 376 g/mol. The molecule has 0 spiro atoms. The molecule has 0 bridgehead atoms. The van der Waals surface area contributed by atoms with Gasteiger partial charge in [-0.3, -0.25) is 0 Å². The molecule has 158 valence electrons. The van der Waals surface area contributed by atoms with Crippen LogP contribution in [0.25, 0.3) is 11.1 Å². The van der Waals surface area contributed by atoms with Gasteiger partial charge in [-0.2, -0.15) is 0 Å². The molecule has 3 aromatic rings. The van der Waals surface area contributed by atoms with E-state index in [0.717, 1.165) is 40.8 Å². The number of unbranched alkanes of at least 4 members (excludes halogenated alkanes) is 1. The lowest BCUT2D eigenvalue weighted by atomic mass is 10.0. The first kappa shape index (κ1) is 21.5. The number of amides is 1. The minimum atomic E-state index is -0.425. The van der Waals surface area contributed by atoms with E-state index in [1.807, 2.05) is 42.0 Å². The van der Waals surface area contributed by atoms with E-state index < -0.39 is 6.09 Å². The predicted octanol–water partition coefficient (Wildman–Crippen LogP) is 5.72. The van der Waals surface area contributed by atoms with E-state index in [-0.39, 0.29) is 0 Å². The SMILES string of the molecule is CCCCNC(=O)Oc1c(-c2ccc(C)cc2)c(C)cn1Cc1ccc(OC)cc1. The number of hydrogen-bond donors (Lipinski definition) is 1. The topological polar surface area (TPSA) is 52.5 Å². The largest absolute Gasteiger partial charge is 0.497 e. The first-order chi connectivity index (χ1) is 14.5. The van der Waals surface area contributed by atoms with Gasteiger partial charge in [0.05, 0.1) is 13.7 Å². The van der Waals surface area contributed by atoms with Crippen LogP contribution in [0, 0.1) is 13.8 Å². The molecule has 5 heteroatoms. The Morgan fingerprint density at radius 1 is 1.03 bits per heavy atom. The third kappa shape index (κ3) is 5.23. The summed E-state index contributed by atoms with van der Waals surface area (Å²) in [5.74, 6) is 1.37. The van der Waals surface area contributed by atoms with Crippen molar-refractivity contribution in [1.29, 1.82) is 0 Å². The molecule has 30 heavy (non-hydrogen) atoms. The quantitative estimate of drug-likeness (QED) is 0.487. The van der Waals surface area contributed by atoms with E-state index >= 15 is 0 Å². The monoisotopic (exact) mass is 406 g/mol. The number of nitrogens with zero attached hydrogens (tertiary/aromatic N) is 1. The van der Waals surface area contributed by atoms with Crippen LogP contribution in [0.15, 0.2) is 54.7 Å². The molecule has 2 aromatic carbocycles. The van der Waals surface area contributed by atoms with Crippen molar-refractivity contribution >= 4 is 6.09 Å². The number of rotatable bonds is 8. The minimum Gasteiger partial charge on any atom is -0.497 e. The van der Waals surface area contributed by atoms with E-state index in [0.29, 0.717) is 19.0 Å². The van der Waals surface area contributed by atoms with Gasteiger partial charge in [0, 0.05) is 18.3 Å². The molecule has 0 saturated carbocycles. The van der Waals surface area contributed by atoms with Gasteiger partial charge in [-0.25, -0.2) is 4.79 Å². The summed E-state index contributed by atoms with van der Waals surface area (Å²) >= 11 is 0. The standard InChI is InChI=1S/C25H30N2O3/c1-5-6-15-26-25(28)30-24-23(21-11-7-18(2)8-12-21)19(3)16-27(24)17-20-9-13-22(29-4)14-10-20/h7-14,16H,5-6,15,17H2,1-4H3,(H,26,28). The summed E-state index contributed by atoms with van der Waals surface area (Å²) in [5, 5.41) is 2.84. The zero-order valence-electron chi connectivity index (χ0n) is 18.2. The third-order valence-electron chi connectivity index (χ3n) is 5.06. The first-order valence-electron chi connectivity index (χ1n) is 10.4. The van der Waals surface area contributed by atoms with E-state index in [9.17, 15) is 4.79 Å². The number of carbonyl (C=O) groups is 1. The number of hydrogen-bond acceptors (Lipinski definition) is 3. The van der Waals surface area contributed by atoms with Gasteiger partial charge in [-0.15, -0.1) is 0 Å². The number of aryl methyl sites for hydroxylation is 2. The van der Waals surface area contributed by atoms with Crippen molar-refractivity contribution in [2.45, 2.75) is 40.2 Å². The molecule has 0 aliphatic rings. The Kier molecular flexibility index (Phi) is 7.17. The van der Waals surface area contributed by atoms with Crippen molar-refractivity contribution in [2.24, 2.45) is 0 Å². The van der Waals surface area contributed by atoms with E-state index in [4.69, 9.17) is 9.47 Å². The predicted molar refractivity (Wildman–Crippen MR) is 120 cm³/mol. The lowest BCUT2D eigenvalue weighted by Crippen LogP contribution is -2.28. The van der Waals surface area contributed by atoms with Gasteiger partial charge < -0.3 is 19.4 Å². The zero-order valence-corrected chi connectivity index (χ0v) is 18.2. The Morgan fingerprint density at radius 2 is 1.73 bits per heavy atom. The molecule has 1 aromatic heterocycles. The summed E-state index contributed by atoms with van der Waals surface area (Å²) in [5.41, 5.74) is 5.31. The molecule has 0 saturated heterocycles. The van der Waals surface area contributed by atoms with Crippen LogP contribution in [0.1, 0.15) is 36.5 Å². The van der Waals surface area contributed by atoms with Crippen LogP contribution in [-0.4, -0.2) is 24.3 Å². The molecule has 5 nitrogen and oxygen atoms in total. The average Bonchev–Trinajstić information content (AvgIpc) is 3.04. The highest BCUT2D eigenvalue weighted by atomic mass is 16.6. The van der Waals surface area contributed by atoms with Crippen LogP contribution in [-0.2, 0) is 6.54 Å². The van der Waals surface area contributed by atoms with E-state index in [1.54, 1.807) is 7.11 Å². The molecule has 0 unspecified atom stereocenters. The molecule has 3 rings (SSSR count). The lowest BCUT2D eigenvalue weighted by Gasteiger charge is -2.13. The highest BCUT2D eigenvalue weighted by molar-refractivity contribution is 5.78. The van der Waals surface area contributed by atoms with Gasteiger partial charge in [-0.1, -0.05) is 55.3 Å². The van der Waals surface area contributed by atoms with Crippen LogP contribution < -0.4 is 14.8 Å². The Morgan fingerprint density at radius 3 is 2.37 bits per heavy atom. The van der Waals surface area contributed by atoms with Crippen molar-refractivity contribution in [2.75, 3.05) is 13.7 Å². The van der Waals surface area contributed by atoms with Crippen LogP contribution >= 0.6 is 0 Å². The van der Waals surface area contributed by atoms with Crippen LogP contribution in [0.4, 0.5) is 4.79 Å². The molecule has 0 radical (unpaired) electrons. The molecule has 1 heterocycles. The van der Waals surface area contributed by atoms with Crippen molar-refractivity contribution in [1.82, 2.24) is 9.88 Å². The van der Waals surface area contributed by atoms with Crippen molar-refractivity contribution in [3.63, 3.8) is 0 Å². The molecule has 1 amide bonds. The molecule has 0 aliphatic carbocycles. The number of aromatic nitrogens is 1. The summed E-state index contributed by atoms with van der Waals surface area (Å²) in [6.07, 6.45) is 3.55. The Balaban J connectivity index is 1.94. The van der Waals surface area contributed by atoms with Gasteiger partial charge in [0.25, 0.3) is 0 Å². The first-order valence-corrected chi connectivity index (χ1v) is 10.4. The van der Waals surface area contributed by atoms with Gasteiger partial charge in [-0.05, 0) is 49.1 Å². The average molecular weight is 407 g/mol. The summed E-state index contributed by atoms with van der Waals surface area (Å²) in [6, 6.07) is 16.2. The number of methoxy groups -OCH3 is 1. The summed E-state index contributed by atoms with van der Waals surface area (Å²) in [6.45, 7) is 7.39. The molecule has 0 aliphatic heterocycles. The Hall–Kier alpha value is -3.21. The fraction of sp³-hybridized carbons (Fsp3) is 0.320. The maximum absolute atomic E-state index is 12.5. The van der Waals surface area contributed by atoms with E-state index in [1.165, 1.54) is 5.56 Å². The number of carbonyl (C=O) groups excluding carboxylic acids is 1. The molecule has 0 fully saturated rings. The van der Waals surface area contributed by atoms with Crippen LogP contribution in [0.5, 0.6) is 11.6 Å². The fourth-order valence-corrected chi connectivity index (χ4v) is 3.39.